The summed E-state index contributed by atoms with van der Waals surface area (Å²) in [7, 11) is 1.57. The van der Waals surface area contributed by atoms with Crippen LogP contribution in [0.5, 0.6) is 11.5 Å². The van der Waals surface area contributed by atoms with Crippen LogP contribution >= 0.6 is 0 Å². The van der Waals surface area contributed by atoms with Crippen molar-refractivity contribution in [2.24, 2.45) is 0 Å². The van der Waals surface area contributed by atoms with Crippen LogP contribution in [0.1, 0.15) is 16.9 Å². The number of hydrogen-bond donors (Lipinski definition) is 2. The predicted octanol–water partition coefficient (Wildman–Crippen LogP) is 1.95. The molecule has 0 radical (unpaired) electrons. The number of ether oxygens (including phenoxy) is 3. The molecule has 0 amide bonds. The van der Waals surface area contributed by atoms with Crippen molar-refractivity contribution in [2.75, 3.05) is 20.3 Å². The maximum Gasteiger partial charge on any atom is 0.353 e. The fourth-order valence-electron chi connectivity index (χ4n) is 2.29. The number of carboxylic acids is 1. The molecule has 7 heteroatoms. The zero-order valence-corrected chi connectivity index (χ0v) is 12.0. The molecule has 2 aromatic rings. The Morgan fingerprint density at radius 2 is 2.27 bits per heavy atom. The molecule has 22 heavy (non-hydrogen) atoms. The minimum absolute atomic E-state index is 0.00193. The molecule has 1 aliphatic heterocycles. The first kappa shape index (κ1) is 14.4. The van der Waals surface area contributed by atoms with E-state index < -0.39 is 5.97 Å². The molecule has 1 fully saturated rings. The molecule has 1 aromatic carbocycles. The summed E-state index contributed by atoms with van der Waals surface area (Å²) < 4.78 is 16.5. The molecular weight excluding hydrogens is 288 g/mol. The lowest BCUT2D eigenvalue weighted by molar-refractivity contribution is 0.0690. The Labute approximate surface area is 126 Å². The molecule has 0 bridgehead atoms. The molecule has 1 aliphatic rings. The van der Waals surface area contributed by atoms with Crippen LogP contribution in [0.15, 0.2) is 24.3 Å². The summed E-state index contributed by atoms with van der Waals surface area (Å²) in [4.78, 5) is 10.9. The highest BCUT2D eigenvalue weighted by Crippen LogP contribution is 2.33. The van der Waals surface area contributed by atoms with Crippen molar-refractivity contribution < 1.29 is 24.1 Å². The minimum atomic E-state index is -1.05. The quantitative estimate of drug-likeness (QED) is 0.877. The zero-order valence-electron chi connectivity index (χ0n) is 12.0. The van der Waals surface area contributed by atoms with Gasteiger partial charge >= 0.3 is 5.97 Å². The minimum Gasteiger partial charge on any atom is -0.493 e. The van der Waals surface area contributed by atoms with Gasteiger partial charge in [-0.15, -0.1) is 0 Å². The molecule has 1 atom stereocenters. The fourth-order valence-corrected chi connectivity index (χ4v) is 2.29. The summed E-state index contributed by atoms with van der Waals surface area (Å²) in [6.07, 6.45) is 0.830. The molecule has 0 spiro atoms. The second-order valence-corrected chi connectivity index (χ2v) is 4.94. The Morgan fingerprint density at radius 1 is 1.41 bits per heavy atom. The number of aromatic carboxylic acids is 1. The molecule has 7 nitrogen and oxygen atoms in total. The second kappa shape index (κ2) is 6.07. The molecule has 1 aromatic heterocycles. The van der Waals surface area contributed by atoms with E-state index in [4.69, 9.17) is 19.3 Å². The summed E-state index contributed by atoms with van der Waals surface area (Å²) in [5.41, 5.74) is 1.32. The molecule has 2 N–H and O–H groups in total. The van der Waals surface area contributed by atoms with Gasteiger partial charge in [-0.2, -0.15) is 5.10 Å². The highest BCUT2D eigenvalue weighted by atomic mass is 16.6. The van der Waals surface area contributed by atoms with Crippen LogP contribution in [0.3, 0.4) is 0 Å². The van der Waals surface area contributed by atoms with Gasteiger partial charge in [-0.05, 0) is 24.3 Å². The lowest BCUT2D eigenvalue weighted by Crippen LogP contribution is -2.16. The number of H-pyrrole nitrogens is 1. The fraction of sp³-hybridized carbons (Fsp3) is 0.333. The number of nitrogens with one attached hydrogen (secondary N) is 1. The average molecular weight is 304 g/mol. The van der Waals surface area contributed by atoms with Crippen molar-refractivity contribution in [3.63, 3.8) is 0 Å². The number of methoxy groups -OCH3 is 1. The first-order valence-corrected chi connectivity index (χ1v) is 6.89. The third-order valence-electron chi connectivity index (χ3n) is 3.45. The summed E-state index contributed by atoms with van der Waals surface area (Å²) >= 11 is 0. The Morgan fingerprint density at radius 3 is 2.91 bits per heavy atom. The molecular formula is C15H16N2O5. The van der Waals surface area contributed by atoms with Crippen LogP contribution in [0.2, 0.25) is 0 Å². The highest BCUT2D eigenvalue weighted by molar-refractivity contribution is 5.86. The highest BCUT2D eigenvalue weighted by Gasteiger charge is 2.20. The van der Waals surface area contributed by atoms with Crippen LogP contribution in [-0.2, 0) is 4.74 Å². The summed E-state index contributed by atoms with van der Waals surface area (Å²) in [5.74, 6) is 0.159. The molecule has 0 saturated carbocycles. The number of carbonyl (C=O) groups is 1. The van der Waals surface area contributed by atoms with Crippen molar-refractivity contribution in [1.29, 1.82) is 0 Å². The van der Waals surface area contributed by atoms with Gasteiger partial charge in [0.2, 0.25) is 0 Å². The van der Waals surface area contributed by atoms with E-state index in [0.29, 0.717) is 30.4 Å². The second-order valence-electron chi connectivity index (χ2n) is 4.94. The van der Waals surface area contributed by atoms with Gasteiger partial charge in [0.1, 0.15) is 11.8 Å². The van der Waals surface area contributed by atoms with Crippen LogP contribution in [0.4, 0.5) is 0 Å². The predicted molar refractivity (Wildman–Crippen MR) is 77.4 cm³/mol. The lowest BCUT2D eigenvalue weighted by atomic mass is 10.1. The van der Waals surface area contributed by atoms with Crippen molar-refractivity contribution in [3.05, 3.63) is 30.0 Å². The van der Waals surface area contributed by atoms with Crippen molar-refractivity contribution in [3.8, 4) is 22.8 Å². The molecule has 116 valence electrons. The maximum atomic E-state index is 10.9. The van der Waals surface area contributed by atoms with Crippen molar-refractivity contribution in [1.82, 2.24) is 10.2 Å². The number of benzene rings is 1. The smallest absolute Gasteiger partial charge is 0.353 e. The van der Waals surface area contributed by atoms with E-state index in [1.807, 2.05) is 0 Å². The van der Waals surface area contributed by atoms with E-state index in [1.165, 1.54) is 6.07 Å². The Hall–Kier alpha value is -2.54. The number of hydrogen-bond acceptors (Lipinski definition) is 5. The molecule has 3 rings (SSSR count). The van der Waals surface area contributed by atoms with Crippen molar-refractivity contribution in [2.45, 2.75) is 12.5 Å². The van der Waals surface area contributed by atoms with Gasteiger partial charge in [-0.1, -0.05) is 0 Å². The Kier molecular flexibility index (Phi) is 3.97. The van der Waals surface area contributed by atoms with Crippen molar-refractivity contribution >= 4 is 5.97 Å². The van der Waals surface area contributed by atoms with E-state index in [2.05, 4.69) is 10.2 Å². The lowest BCUT2D eigenvalue weighted by Gasteiger charge is -2.15. The molecule has 0 aliphatic carbocycles. The third-order valence-corrected chi connectivity index (χ3v) is 3.45. The summed E-state index contributed by atoms with van der Waals surface area (Å²) in [6.45, 7) is 1.24. The van der Waals surface area contributed by atoms with Crippen LogP contribution < -0.4 is 9.47 Å². The van der Waals surface area contributed by atoms with E-state index in [1.54, 1.807) is 25.3 Å². The van der Waals surface area contributed by atoms with Gasteiger partial charge in [-0.25, -0.2) is 4.79 Å². The SMILES string of the molecule is COc1ccc(-c2cc(C(=O)O)[nH]n2)cc1OC1CCOC1. The van der Waals surface area contributed by atoms with Crippen LogP contribution in [0.25, 0.3) is 11.3 Å². The molecule has 1 saturated heterocycles. The van der Waals surface area contributed by atoms with Gasteiger partial charge < -0.3 is 19.3 Å². The Bertz CT molecular complexity index is 676. The van der Waals surface area contributed by atoms with Crippen LogP contribution in [-0.4, -0.2) is 47.7 Å². The number of carboxylic acid groups (broad SMARTS) is 1. The Balaban J connectivity index is 1.89. The largest absolute Gasteiger partial charge is 0.493 e. The van der Waals surface area contributed by atoms with E-state index >= 15 is 0 Å². The topological polar surface area (TPSA) is 93.7 Å². The normalized spacial score (nSPS) is 17.4. The standard InChI is InChI=1S/C15H16N2O5/c1-20-13-3-2-9(11-7-12(15(18)19)17-16-11)6-14(13)22-10-4-5-21-8-10/h2-3,6-7,10H,4-5,8H2,1H3,(H,16,17)(H,18,19). The summed E-state index contributed by atoms with van der Waals surface area (Å²) in [6, 6.07) is 6.85. The first-order valence-electron chi connectivity index (χ1n) is 6.89. The van der Waals surface area contributed by atoms with E-state index in [9.17, 15) is 4.79 Å². The number of aromatic nitrogens is 2. The maximum absolute atomic E-state index is 10.9. The van der Waals surface area contributed by atoms with E-state index in [-0.39, 0.29) is 11.8 Å². The monoisotopic (exact) mass is 304 g/mol. The average Bonchev–Trinajstić information content (AvgIpc) is 3.18. The van der Waals surface area contributed by atoms with Gasteiger partial charge in [0.25, 0.3) is 0 Å². The van der Waals surface area contributed by atoms with Gasteiger partial charge in [-0.3, -0.25) is 5.10 Å². The number of nitrogens with zero attached hydrogens (tertiary/aromatic N) is 1. The van der Waals surface area contributed by atoms with Gasteiger partial charge in [0.15, 0.2) is 11.5 Å². The van der Waals surface area contributed by atoms with Gasteiger partial charge in [0.05, 0.1) is 26.0 Å². The molecule has 2 heterocycles. The van der Waals surface area contributed by atoms with Gasteiger partial charge in [0, 0.05) is 12.0 Å². The number of rotatable bonds is 5. The third kappa shape index (κ3) is 2.89. The van der Waals surface area contributed by atoms with E-state index in [0.717, 1.165) is 12.0 Å². The summed E-state index contributed by atoms with van der Waals surface area (Å²) in [5, 5.41) is 15.4. The molecule has 1 unspecified atom stereocenters. The van der Waals surface area contributed by atoms with Crippen LogP contribution in [0, 0.1) is 0 Å². The number of aromatic amines is 1. The zero-order chi connectivity index (χ0) is 15.5. The first-order chi connectivity index (χ1) is 10.7.